The van der Waals surface area contributed by atoms with Gasteiger partial charge in [0.25, 0.3) is 10.0 Å². The highest BCUT2D eigenvalue weighted by Gasteiger charge is 2.26. The average Bonchev–Trinajstić information content (AvgIpc) is 2.70. The molecule has 0 aliphatic carbocycles. The summed E-state index contributed by atoms with van der Waals surface area (Å²) in [5, 5.41) is 3.06. The van der Waals surface area contributed by atoms with Crippen LogP contribution in [-0.4, -0.2) is 38.4 Å². The summed E-state index contributed by atoms with van der Waals surface area (Å²) in [6.07, 6.45) is 2.07. The van der Waals surface area contributed by atoms with E-state index >= 15 is 0 Å². The van der Waals surface area contributed by atoms with Gasteiger partial charge in [0.05, 0.1) is 10.6 Å². The fraction of sp³-hybridized carbons (Fsp3) is 0.409. The number of carbonyl (C=O) groups excluding carboxylic acids is 1. The van der Waals surface area contributed by atoms with Gasteiger partial charge in [-0.1, -0.05) is 35.4 Å². The van der Waals surface area contributed by atoms with Gasteiger partial charge >= 0.3 is 0 Å². The van der Waals surface area contributed by atoms with Gasteiger partial charge < -0.3 is 5.32 Å². The largest absolute Gasteiger partial charge is 0.353 e. The van der Waals surface area contributed by atoms with Gasteiger partial charge in [-0.05, 0) is 62.5 Å². The van der Waals surface area contributed by atoms with Crippen molar-refractivity contribution in [3.63, 3.8) is 0 Å². The Kier molecular flexibility index (Phi) is 7.24. The minimum Gasteiger partial charge on any atom is -0.353 e. The van der Waals surface area contributed by atoms with E-state index in [1.165, 1.54) is 4.31 Å². The van der Waals surface area contributed by atoms with Crippen LogP contribution in [-0.2, 0) is 14.8 Å². The molecule has 156 valence electrons. The summed E-state index contributed by atoms with van der Waals surface area (Å²) < 4.78 is 28.0. The van der Waals surface area contributed by atoms with E-state index < -0.39 is 10.0 Å². The molecule has 1 aliphatic heterocycles. The molecule has 1 amide bonds. The lowest BCUT2D eigenvalue weighted by Crippen LogP contribution is -2.40. The second-order valence-electron chi connectivity index (χ2n) is 7.43. The molecule has 0 saturated carbocycles. The van der Waals surface area contributed by atoms with E-state index in [0.717, 1.165) is 35.5 Å². The molecule has 2 aromatic carbocycles. The highest BCUT2D eigenvalue weighted by atomic mass is 32.2. The first-order chi connectivity index (χ1) is 13.9. The number of anilines is 1. The van der Waals surface area contributed by atoms with Gasteiger partial charge in [0.15, 0.2) is 0 Å². The summed E-state index contributed by atoms with van der Waals surface area (Å²) in [6, 6.07) is 14.3. The lowest BCUT2D eigenvalue weighted by molar-refractivity contribution is -0.121. The number of thioether (sulfide) groups is 1. The number of carbonyl (C=O) groups is 1. The molecule has 7 heteroatoms. The monoisotopic (exact) mass is 432 g/mol. The molecule has 1 saturated heterocycles. The maximum atomic E-state index is 13.3. The SMILES string of the molecule is Cc1ccc(N(CCC(=O)NC2CCSCC2)S(=O)(=O)c2ccc(C)cc2)cc1. The number of nitrogens with one attached hydrogen (secondary N) is 1. The Morgan fingerprint density at radius 2 is 1.55 bits per heavy atom. The Morgan fingerprint density at radius 3 is 2.14 bits per heavy atom. The Morgan fingerprint density at radius 1 is 1.00 bits per heavy atom. The van der Waals surface area contributed by atoms with Crippen LogP contribution in [0.4, 0.5) is 5.69 Å². The fourth-order valence-corrected chi connectivity index (χ4v) is 5.85. The first kappa shape index (κ1) is 21.7. The summed E-state index contributed by atoms with van der Waals surface area (Å²) in [6.45, 7) is 3.98. The maximum absolute atomic E-state index is 13.3. The Bertz CT molecular complexity index is 920. The molecule has 3 rings (SSSR count). The molecule has 1 aliphatic rings. The first-order valence-electron chi connectivity index (χ1n) is 9.89. The molecule has 29 heavy (non-hydrogen) atoms. The number of aryl methyl sites for hydroxylation is 2. The number of hydrogen-bond acceptors (Lipinski definition) is 4. The van der Waals surface area contributed by atoms with Crippen molar-refractivity contribution in [1.82, 2.24) is 5.32 Å². The van der Waals surface area contributed by atoms with E-state index in [1.54, 1.807) is 36.4 Å². The quantitative estimate of drug-likeness (QED) is 0.721. The number of amides is 1. The molecular weight excluding hydrogens is 404 g/mol. The fourth-order valence-electron chi connectivity index (χ4n) is 3.28. The number of nitrogens with zero attached hydrogens (tertiary/aromatic N) is 1. The minimum absolute atomic E-state index is 0.0990. The third-order valence-corrected chi connectivity index (χ3v) is 7.95. The zero-order valence-electron chi connectivity index (χ0n) is 16.9. The highest BCUT2D eigenvalue weighted by Crippen LogP contribution is 2.25. The molecule has 0 bridgehead atoms. The molecule has 0 spiro atoms. The van der Waals surface area contributed by atoms with Crippen molar-refractivity contribution in [1.29, 1.82) is 0 Å². The Labute approximate surface area is 177 Å². The number of hydrogen-bond donors (Lipinski definition) is 1. The second-order valence-corrected chi connectivity index (χ2v) is 10.5. The summed E-state index contributed by atoms with van der Waals surface area (Å²) in [4.78, 5) is 12.7. The van der Waals surface area contributed by atoms with E-state index in [9.17, 15) is 13.2 Å². The Balaban J connectivity index is 1.78. The van der Waals surface area contributed by atoms with Crippen LogP contribution >= 0.6 is 11.8 Å². The normalized spacial score (nSPS) is 15.1. The summed E-state index contributed by atoms with van der Waals surface area (Å²) >= 11 is 1.91. The van der Waals surface area contributed by atoms with Crippen molar-refractivity contribution in [3.05, 3.63) is 59.7 Å². The predicted octanol–water partition coefficient (Wildman–Crippen LogP) is 3.90. The van der Waals surface area contributed by atoms with Gasteiger partial charge in [-0.3, -0.25) is 9.10 Å². The molecule has 1 N–H and O–H groups in total. The predicted molar refractivity (Wildman–Crippen MR) is 120 cm³/mol. The smallest absolute Gasteiger partial charge is 0.264 e. The third kappa shape index (κ3) is 5.76. The van der Waals surface area contributed by atoms with Crippen molar-refractivity contribution in [3.8, 4) is 0 Å². The minimum atomic E-state index is -3.76. The maximum Gasteiger partial charge on any atom is 0.264 e. The van der Waals surface area contributed by atoms with Crippen LogP contribution in [0.2, 0.25) is 0 Å². The van der Waals surface area contributed by atoms with Gasteiger partial charge in [-0.2, -0.15) is 11.8 Å². The van der Waals surface area contributed by atoms with Crippen molar-refractivity contribution in [2.45, 2.75) is 44.0 Å². The van der Waals surface area contributed by atoms with Gasteiger partial charge in [0.2, 0.25) is 5.91 Å². The van der Waals surface area contributed by atoms with Crippen LogP contribution < -0.4 is 9.62 Å². The van der Waals surface area contributed by atoms with Gasteiger partial charge in [-0.15, -0.1) is 0 Å². The second kappa shape index (κ2) is 9.67. The zero-order valence-corrected chi connectivity index (χ0v) is 18.6. The first-order valence-corrected chi connectivity index (χ1v) is 12.5. The molecule has 0 atom stereocenters. The van der Waals surface area contributed by atoms with Crippen LogP contribution in [0.3, 0.4) is 0 Å². The molecule has 1 fully saturated rings. The van der Waals surface area contributed by atoms with E-state index in [1.807, 2.05) is 37.7 Å². The van der Waals surface area contributed by atoms with Gasteiger partial charge in [-0.25, -0.2) is 8.42 Å². The molecular formula is C22H28N2O3S2. The highest BCUT2D eigenvalue weighted by molar-refractivity contribution is 7.99. The number of sulfonamides is 1. The molecule has 0 radical (unpaired) electrons. The van der Waals surface area contributed by atoms with Crippen molar-refractivity contribution in [2.24, 2.45) is 0 Å². The molecule has 0 unspecified atom stereocenters. The summed E-state index contributed by atoms with van der Waals surface area (Å²) in [5.41, 5.74) is 2.61. The Hall–Kier alpha value is -1.99. The van der Waals surface area contributed by atoms with Crippen LogP contribution in [0.1, 0.15) is 30.4 Å². The van der Waals surface area contributed by atoms with E-state index in [4.69, 9.17) is 0 Å². The lowest BCUT2D eigenvalue weighted by Gasteiger charge is -2.26. The van der Waals surface area contributed by atoms with Crippen LogP contribution in [0.25, 0.3) is 0 Å². The standard InChI is InChI=1S/C22H28N2O3S2/c1-17-3-7-20(8-4-17)24(29(26,27)21-9-5-18(2)6-10-21)14-11-22(25)23-19-12-15-28-16-13-19/h3-10,19H,11-16H2,1-2H3,(H,23,25). The van der Waals surface area contributed by atoms with Crippen molar-refractivity contribution >= 4 is 33.4 Å². The van der Waals surface area contributed by atoms with Crippen molar-refractivity contribution in [2.75, 3.05) is 22.4 Å². The summed E-state index contributed by atoms with van der Waals surface area (Å²) in [7, 11) is -3.76. The third-order valence-electron chi connectivity index (χ3n) is 5.06. The molecule has 2 aromatic rings. The average molecular weight is 433 g/mol. The molecule has 1 heterocycles. The van der Waals surface area contributed by atoms with Crippen molar-refractivity contribution < 1.29 is 13.2 Å². The van der Waals surface area contributed by atoms with Gasteiger partial charge in [0, 0.05) is 19.0 Å². The van der Waals surface area contributed by atoms with E-state index in [0.29, 0.717) is 5.69 Å². The van der Waals surface area contributed by atoms with E-state index in [-0.39, 0.29) is 29.8 Å². The number of benzene rings is 2. The van der Waals surface area contributed by atoms with Crippen LogP contribution in [0, 0.1) is 13.8 Å². The zero-order chi connectivity index (χ0) is 20.9. The van der Waals surface area contributed by atoms with Crippen LogP contribution in [0.5, 0.6) is 0 Å². The molecule has 0 aromatic heterocycles. The number of rotatable bonds is 7. The van der Waals surface area contributed by atoms with Crippen LogP contribution in [0.15, 0.2) is 53.4 Å². The topological polar surface area (TPSA) is 66.5 Å². The summed E-state index contributed by atoms with van der Waals surface area (Å²) in [5.74, 6) is 2.02. The van der Waals surface area contributed by atoms with E-state index in [2.05, 4.69) is 5.32 Å². The lowest BCUT2D eigenvalue weighted by atomic mass is 10.1. The van der Waals surface area contributed by atoms with Gasteiger partial charge in [0.1, 0.15) is 0 Å². The molecule has 5 nitrogen and oxygen atoms in total.